The third-order valence-corrected chi connectivity index (χ3v) is 2.48. The van der Waals surface area contributed by atoms with Crippen LogP contribution in [0.2, 0.25) is 0 Å². The van der Waals surface area contributed by atoms with Crippen LogP contribution in [0.15, 0.2) is 18.2 Å². The van der Waals surface area contributed by atoms with Crippen molar-refractivity contribution in [3.63, 3.8) is 0 Å². The van der Waals surface area contributed by atoms with Gasteiger partial charge in [0.2, 0.25) is 0 Å². The predicted molar refractivity (Wildman–Crippen MR) is 82.4 cm³/mol. The van der Waals surface area contributed by atoms with Crippen LogP contribution in [-0.2, 0) is 19.1 Å². The molecular formula is C15H17NO9. The number of nitrogens with zero attached hydrogens (tertiary/aromatic N) is 1. The molecule has 1 rings (SSSR count). The fraction of sp³-hybridized carbons (Fsp3) is 0.400. The molecule has 0 saturated heterocycles. The van der Waals surface area contributed by atoms with Gasteiger partial charge in [-0.2, -0.15) is 0 Å². The van der Waals surface area contributed by atoms with E-state index in [1.807, 2.05) is 0 Å². The van der Waals surface area contributed by atoms with Crippen LogP contribution in [0.4, 0.5) is 5.69 Å². The van der Waals surface area contributed by atoms with Crippen LogP contribution in [-0.4, -0.2) is 46.8 Å². The molecular weight excluding hydrogens is 338 g/mol. The average Bonchev–Trinajstić information content (AvgIpc) is 2.48. The fourth-order valence-electron chi connectivity index (χ4n) is 1.63. The minimum absolute atomic E-state index is 0.196. The molecule has 0 unspecified atom stereocenters. The molecule has 0 fully saturated rings. The van der Waals surface area contributed by atoms with Gasteiger partial charge in [0, 0.05) is 6.07 Å². The van der Waals surface area contributed by atoms with Gasteiger partial charge < -0.3 is 19.3 Å². The maximum Gasteiger partial charge on any atom is 0.344 e. The highest BCUT2D eigenvalue weighted by molar-refractivity contribution is 5.92. The summed E-state index contributed by atoms with van der Waals surface area (Å²) in [5, 5.41) is 19.6. The first-order chi connectivity index (χ1) is 11.5. The number of carboxylic acids is 1. The number of benzene rings is 1. The first kappa shape index (κ1) is 19.9. The smallest absolute Gasteiger partial charge is 0.344 e. The molecule has 10 nitrogen and oxygen atoms in total. The molecule has 0 aromatic heterocycles. The summed E-state index contributed by atoms with van der Waals surface area (Å²) in [6.45, 7) is 3.51. The van der Waals surface area contributed by atoms with Gasteiger partial charge in [-0.15, -0.1) is 0 Å². The summed E-state index contributed by atoms with van der Waals surface area (Å²) in [6, 6.07) is 3.10. The molecule has 136 valence electrons. The van der Waals surface area contributed by atoms with E-state index in [0.29, 0.717) is 0 Å². The van der Waals surface area contributed by atoms with Crippen molar-refractivity contribution in [3.05, 3.63) is 33.9 Å². The second-order valence-electron chi connectivity index (χ2n) is 5.78. The van der Waals surface area contributed by atoms with E-state index in [4.69, 9.17) is 19.3 Å². The quantitative estimate of drug-likeness (QED) is 0.438. The minimum Gasteiger partial charge on any atom is -0.479 e. The summed E-state index contributed by atoms with van der Waals surface area (Å²) >= 11 is 0. The molecule has 10 heteroatoms. The average molecular weight is 355 g/mol. The Morgan fingerprint density at radius 3 is 2.36 bits per heavy atom. The number of nitro groups is 1. The highest BCUT2D eigenvalue weighted by atomic mass is 16.6. The number of carboxylic acid groups (broad SMARTS) is 1. The molecule has 1 aromatic rings. The van der Waals surface area contributed by atoms with Gasteiger partial charge in [-0.25, -0.2) is 14.4 Å². The van der Waals surface area contributed by atoms with Crippen LogP contribution in [0.1, 0.15) is 31.1 Å². The number of nitro benzene ring substituents is 1. The van der Waals surface area contributed by atoms with Crippen LogP contribution >= 0.6 is 0 Å². The summed E-state index contributed by atoms with van der Waals surface area (Å²) in [4.78, 5) is 44.0. The Balaban J connectivity index is 2.82. The Morgan fingerprint density at radius 1 is 1.20 bits per heavy atom. The molecule has 0 radical (unpaired) electrons. The van der Waals surface area contributed by atoms with Crippen molar-refractivity contribution < 1.29 is 38.6 Å². The van der Waals surface area contributed by atoms with E-state index in [1.54, 1.807) is 20.8 Å². The maximum absolute atomic E-state index is 11.9. The first-order valence-corrected chi connectivity index (χ1v) is 7.01. The molecule has 0 aliphatic carbocycles. The van der Waals surface area contributed by atoms with Crippen molar-refractivity contribution >= 4 is 23.6 Å². The standard InChI is InChI=1S/C15H17NO9/c1-15(2,3)25-13(19)8-24-14(20)9-4-5-11(23-7-12(17)18)10(6-9)16(21)22/h4-6H,7-8H2,1-3H3,(H,17,18). The van der Waals surface area contributed by atoms with Crippen LogP contribution < -0.4 is 4.74 Å². The third kappa shape index (κ3) is 6.85. The Bertz CT molecular complexity index is 691. The molecule has 0 heterocycles. The number of hydrogen-bond donors (Lipinski definition) is 1. The van der Waals surface area contributed by atoms with E-state index in [9.17, 15) is 24.5 Å². The lowest BCUT2D eigenvalue weighted by atomic mass is 10.2. The highest BCUT2D eigenvalue weighted by Gasteiger charge is 2.22. The zero-order valence-electron chi connectivity index (χ0n) is 13.8. The molecule has 0 aliphatic heterocycles. The number of hydrogen-bond acceptors (Lipinski definition) is 8. The highest BCUT2D eigenvalue weighted by Crippen LogP contribution is 2.28. The summed E-state index contributed by atoms with van der Waals surface area (Å²) in [5.41, 5.74) is -1.54. The lowest BCUT2D eigenvalue weighted by molar-refractivity contribution is -0.385. The molecule has 0 spiro atoms. The number of ether oxygens (including phenoxy) is 3. The van der Waals surface area contributed by atoms with Gasteiger partial charge in [-0.3, -0.25) is 10.1 Å². The van der Waals surface area contributed by atoms with E-state index in [2.05, 4.69) is 0 Å². The third-order valence-electron chi connectivity index (χ3n) is 2.48. The van der Waals surface area contributed by atoms with Crippen LogP contribution in [0, 0.1) is 10.1 Å². The molecule has 1 N–H and O–H groups in total. The molecule has 0 aliphatic rings. The van der Waals surface area contributed by atoms with Crippen molar-refractivity contribution in [2.45, 2.75) is 26.4 Å². The second kappa shape index (κ2) is 8.08. The topological polar surface area (TPSA) is 142 Å². The molecule has 0 amide bonds. The second-order valence-corrected chi connectivity index (χ2v) is 5.78. The zero-order chi connectivity index (χ0) is 19.2. The van der Waals surface area contributed by atoms with E-state index < -0.39 is 47.3 Å². The summed E-state index contributed by atoms with van der Waals surface area (Å²) in [5.74, 6) is -3.36. The molecule has 25 heavy (non-hydrogen) atoms. The van der Waals surface area contributed by atoms with Crippen molar-refractivity contribution in [1.82, 2.24) is 0 Å². The van der Waals surface area contributed by atoms with Gasteiger partial charge in [-0.05, 0) is 32.9 Å². The van der Waals surface area contributed by atoms with Gasteiger partial charge in [0.25, 0.3) is 0 Å². The maximum atomic E-state index is 11.9. The van der Waals surface area contributed by atoms with Gasteiger partial charge in [0.1, 0.15) is 5.60 Å². The molecule has 0 bridgehead atoms. The normalized spacial score (nSPS) is 10.7. The first-order valence-electron chi connectivity index (χ1n) is 7.01. The van der Waals surface area contributed by atoms with Crippen molar-refractivity contribution in [3.8, 4) is 5.75 Å². The molecule has 0 saturated carbocycles. The number of aliphatic carboxylic acids is 1. The molecule has 1 aromatic carbocycles. The zero-order valence-corrected chi connectivity index (χ0v) is 13.8. The van der Waals surface area contributed by atoms with Crippen LogP contribution in [0.5, 0.6) is 5.75 Å². The van der Waals surface area contributed by atoms with Crippen molar-refractivity contribution in [1.29, 1.82) is 0 Å². The lowest BCUT2D eigenvalue weighted by Crippen LogP contribution is -2.27. The summed E-state index contributed by atoms with van der Waals surface area (Å²) in [7, 11) is 0. The van der Waals surface area contributed by atoms with Crippen LogP contribution in [0.3, 0.4) is 0 Å². The Morgan fingerprint density at radius 2 is 1.84 bits per heavy atom. The van der Waals surface area contributed by atoms with Crippen molar-refractivity contribution in [2.24, 2.45) is 0 Å². The SMILES string of the molecule is CC(C)(C)OC(=O)COC(=O)c1ccc(OCC(=O)O)c([N+](=O)[O-])c1. The van der Waals surface area contributed by atoms with E-state index in [0.717, 1.165) is 18.2 Å². The summed E-state index contributed by atoms with van der Waals surface area (Å²) in [6.07, 6.45) is 0. The van der Waals surface area contributed by atoms with Gasteiger partial charge in [-0.1, -0.05) is 0 Å². The van der Waals surface area contributed by atoms with Crippen molar-refractivity contribution in [2.75, 3.05) is 13.2 Å². The number of esters is 2. The lowest BCUT2D eigenvalue weighted by Gasteiger charge is -2.19. The van der Waals surface area contributed by atoms with Gasteiger partial charge in [0.15, 0.2) is 19.0 Å². The number of carbonyl (C=O) groups is 3. The van der Waals surface area contributed by atoms with Gasteiger partial charge >= 0.3 is 23.6 Å². The van der Waals surface area contributed by atoms with Gasteiger partial charge in [0.05, 0.1) is 10.5 Å². The Hall–Kier alpha value is -3.17. The largest absolute Gasteiger partial charge is 0.479 e. The minimum atomic E-state index is -1.31. The molecule has 0 atom stereocenters. The Labute approximate surface area is 142 Å². The fourth-order valence-corrected chi connectivity index (χ4v) is 1.63. The number of carbonyl (C=O) groups excluding carboxylic acids is 2. The predicted octanol–water partition coefficient (Wildman–Crippen LogP) is 1.56. The monoisotopic (exact) mass is 355 g/mol. The van der Waals surface area contributed by atoms with Crippen LogP contribution in [0.25, 0.3) is 0 Å². The van der Waals surface area contributed by atoms with E-state index in [-0.39, 0.29) is 11.3 Å². The number of rotatable bonds is 7. The Kier molecular flexibility index (Phi) is 6.43. The van der Waals surface area contributed by atoms with E-state index >= 15 is 0 Å². The van der Waals surface area contributed by atoms with E-state index in [1.165, 1.54) is 0 Å². The summed E-state index contributed by atoms with van der Waals surface area (Å²) < 4.78 is 14.5.